The van der Waals surface area contributed by atoms with Crippen LogP contribution in [0.1, 0.15) is 43.9 Å². The number of nitrogens with one attached hydrogen (secondary N) is 1. The van der Waals surface area contributed by atoms with Crippen LogP contribution in [0, 0.1) is 0 Å². The first-order chi connectivity index (χ1) is 11.2. The molecule has 0 aromatic heterocycles. The van der Waals surface area contributed by atoms with Gasteiger partial charge in [-0.2, -0.15) is 0 Å². The highest BCUT2D eigenvalue weighted by Gasteiger charge is 2.36. The first kappa shape index (κ1) is 17.9. The fraction of sp³-hybridized carbons (Fsp3) is 0.667. The molecule has 1 heterocycles. The van der Waals surface area contributed by atoms with Gasteiger partial charge in [-0.15, -0.1) is 0 Å². The van der Waals surface area contributed by atoms with Crippen molar-refractivity contribution >= 4 is 0 Å². The lowest BCUT2D eigenvalue weighted by Crippen LogP contribution is -3.15. The first-order valence-electron chi connectivity index (χ1n) is 8.69. The van der Waals surface area contributed by atoms with Crippen molar-refractivity contribution in [1.82, 2.24) is 0 Å². The van der Waals surface area contributed by atoms with Gasteiger partial charge in [0, 0.05) is 5.56 Å². The number of nitrogens with two attached hydrogens (primary N) is 1. The van der Waals surface area contributed by atoms with E-state index in [2.05, 4.69) is 25.2 Å². The van der Waals surface area contributed by atoms with Gasteiger partial charge in [0.2, 0.25) is 5.75 Å². The second-order valence-electron chi connectivity index (χ2n) is 6.16. The maximum absolute atomic E-state index is 5.78. The van der Waals surface area contributed by atoms with Gasteiger partial charge in [-0.05, 0) is 18.9 Å². The standard InChI is InChI=1S/C18H30N2O3/c1-6-8-20(9-7-2)14-12-19-11-13-10-15(21-3)17(22-4)18(23-5)16(13)14/h10,14,19H,6-9,11-12H2,1-5H3/p+2/t14-/m1/s1. The molecule has 1 aromatic rings. The minimum Gasteiger partial charge on any atom is -0.493 e. The Kier molecular flexibility index (Phi) is 6.54. The molecule has 0 fully saturated rings. The summed E-state index contributed by atoms with van der Waals surface area (Å²) < 4.78 is 16.9. The smallest absolute Gasteiger partial charge is 0.203 e. The molecule has 0 spiro atoms. The van der Waals surface area contributed by atoms with Gasteiger partial charge < -0.3 is 24.4 Å². The summed E-state index contributed by atoms with van der Waals surface area (Å²) in [6.45, 7) is 8.94. The van der Waals surface area contributed by atoms with Crippen LogP contribution < -0.4 is 24.4 Å². The normalized spacial score (nSPS) is 17.0. The molecule has 1 atom stereocenters. The monoisotopic (exact) mass is 324 g/mol. The first-order valence-corrected chi connectivity index (χ1v) is 8.69. The fourth-order valence-corrected chi connectivity index (χ4v) is 3.79. The highest BCUT2D eigenvalue weighted by Crippen LogP contribution is 2.44. The molecule has 1 aliphatic heterocycles. The lowest BCUT2D eigenvalue weighted by molar-refractivity contribution is -0.948. The second-order valence-corrected chi connectivity index (χ2v) is 6.16. The Morgan fingerprint density at radius 1 is 1.04 bits per heavy atom. The molecular formula is C18H32N2O3+2. The van der Waals surface area contributed by atoms with E-state index in [4.69, 9.17) is 14.2 Å². The molecule has 0 radical (unpaired) electrons. The van der Waals surface area contributed by atoms with Crippen molar-refractivity contribution in [3.8, 4) is 17.2 Å². The van der Waals surface area contributed by atoms with Crippen molar-refractivity contribution in [2.45, 2.75) is 39.3 Å². The van der Waals surface area contributed by atoms with Crippen molar-refractivity contribution in [3.63, 3.8) is 0 Å². The maximum Gasteiger partial charge on any atom is 0.203 e. The fourth-order valence-electron chi connectivity index (χ4n) is 3.79. The molecule has 1 aromatic carbocycles. The molecule has 5 heteroatoms. The highest BCUT2D eigenvalue weighted by molar-refractivity contribution is 5.60. The molecule has 23 heavy (non-hydrogen) atoms. The summed E-state index contributed by atoms with van der Waals surface area (Å²) in [7, 11) is 5.09. The van der Waals surface area contributed by atoms with E-state index in [1.54, 1.807) is 26.2 Å². The third kappa shape index (κ3) is 3.56. The Morgan fingerprint density at radius 3 is 2.22 bits per heavy atom. The van der Waals surface area contributed by atoms with Crippen LogP contribution in [0.3, 0.4) is 0 Å². The van der Waals surface area contributed by atoms with Crippen molar-refractivity contribution in [1.29, 1.82) is 0 Å². The number of fused-ring (bicyclic) bond motifs is 1. The van der Waals surface area contributed by atoms with Gasteiger partial charge in [0.25, 0.3) is 0 Å². The second kappa shape index (κ2) is 8.41. The summed E-state index contributed by atoms with van der Waals surface area (Å²) in [5, 5.41) is 2.39. The van der Waals surface area contributed by atoms with Crippen LogP contribution in [0.4, 0.5) is 0 Å². The average molecular weight is 324 g/mol. The number of methoxy groups -OCH3 is 3. The van der Waals surface area contributed by atoms with E-state index in [-0.39, 0.29) is 0 Å². The summed E-state index contributed by atoms with van der Waals surface area (Å²) in [6, 6.07) is 2.56. The summed E-state index contributed by atoms with van der Waals surface area (Å²) >= 11 is 0. The van der Waals surface area contributed by atoms with Gasteiger partial charge in [0.1, 0.15) is 13.1 Å². The predicted molar refractivity (Wildman–Crippen MR) is 90.6 cm³/mol. The molecule has 0 saturated heterocycles. The number of ether oxygens (including phenoxy) is 3. The average Bonchev–Trinajstić information content (AvgIpc) is 2.59. The Hall–Kier alpha value is -1.46. The molecule has 130 valence electrons. The van der Waals surface area contributed by atoms with Crippen molar-refractivity contribution in [3.05, 3.63) is 17.2 Å². The van der Waals surface area contributed by atoms with Crippen LogP contribution >= 0.6 is 0 Å². The number of hydrogen-bond acceptors (Lipinski definition) is 3. The molecule has 0 saturated carbocycles. The molecule has 1 aliphatic rings. The number of benzene rings is 1. The molecule has 0 aliphatic carbocycles. The number of quaternary nitrogens is 2. The van der Waals surface area contributed by atoms with Gasteiger partial charge in [0.15, 0.2) is 17.5 Å². The minimum atomic E-state index is 0.438. The zero-order valence-electron chi connectivity index (χ0n) is 15.2. The van der Waals surface area contributed by atoms with Crippen molar-refractivity contribution < 1.29 is 24.4 Å². The topological polar surface area (TPSA) is 48.7 Å². The molecule has 0 unspecified atom stereocenters. The van der Waals surface area contributed by atoms with E-state index in [0.717, 1.165) is 24.6 Å². The van der Waals surface area contributed by atoms with Gasteiger partial charge in [-0.25, -0.2) is 0 Å². The largest absolute Gasteiger partial charge is 0.493 e. The maximum atomic E-state index is 5.78. The van der Waals surface area contributed by atoms with E-state index < -0.39 is 0 Å². The number of hydrogen-bond donors (Lipinski definition) is 2. The molecule has 0 amide bonds. The summed E-state index contributed by atoms with van der Waals surface area (Å²) in [6.07, 6.45) is 2.38. The Balaban J connectivity index is 2.54. The van der Waals surface area contributed by atoms with E-state index in [0.29, 0.717) is 11.8 Å². The Labute approximate surface area is 139 Å². The molecular weight excluding hydrogens is 292 g/mol. The number of rotatable bonds is 8. The van der Waals surface area contributed by atoms with Crippen LogP contribution in [0.15, 0.2) is 6.07 Å². The van der Waals surface area contributed by atoms with E-state index in [9.17, 15) is 0 Å². The zero-order valence-corrected chi connectivity index (χ0v) is 15.2. The third-order valence-electron chi connectivity index (χ3n) is 4.70. The van der Waals surface area contributed by atoms with Crippen LogP contribution in [0.2, 0.25) is 0 Å². The summed E-state index contributed by atoms with van der Waals surface area (Å²) in [5.41, 5.74) is 2.62. The van der Waals surface area contributed by atoms with Gasteiger partial charge in [0.05, 0.1) is 40.0 Å². The SMILES string of the molecule is CCC[NH+](CCC)[C@@H]1C[NH2+]Cc2cc(OC)c(OC)c(OC)c21. The van der Waals surface area contributed by atoms with Gasteiger partial charge in [-0.1, -0.05) is 13.8 Å². The Morgan fingerprint density at radius 2 is 1.70 bits per heavy atom. The molecule has 0 bridgehead atoms. The van der Waals surface area contributed by atoms with E-state index >= 15 is 0 Å². The van der Waals surface area contributed by atoms with Crippen LogP contribution in [-0.4, -0.2) is 41.0 Å². The zero-order chi connectivity index (χ0) is 16.8. The molecule has 3 N–H and O–H groups in total. The summed E-state index contributed by atoms with van der Waals surface area (Å²) in [5.74, 6) is 2.32. The quantitative estimate of drug-likeness (QED) is 0.734. The van der Waals surface area contributed by atoms with Crippen LogP contribution in [0.5, 0.6) is 17.2 Å². The predicted octanol–water partition coefficient (Wildman–Crippen LogP) is 0.535. The van der Waals surface area contributed by atoms with Crippen LogP contribution in [0.25, 0.3) is 0 Å². The lowest BCUT2D eigenvalue weighted by atomic mass is 9.93. The molecule has 2 rings (SSSR count). The van der Waals surface area contributed by atoms with Crippen LogP contribution in [-0.2, 0) is 6.54 Å². The highest BCUT2D eigenvalue weighted by atomic mass is 16.5. The van der Waals surface area contributed by atoms with Crippen molar-refractivity contribution in [2.75, 3.05) is 41.0 Å². The van der Waals surface area contributed by atoms with Gasteiger partial charge >= 0.3 is 0 Å². The summed E-state index contributed by atoms with van der Waals surface area (Å²) in [4.78, 5) is 1.64. The minimum absolute atomic E-state index is 0.438. The Bertz CT molecular complexity index is 513. The van der Waals surface area contributed by atoms with E-state index in [1.165, 1.54) is 37.1 Å². The lowest BCUT2D eigenvalue weighted by Gasteiger charge is -2.33. The third-order valence-corrected chi connectivity index (χ3v) is 4.70. The van der Waals surface area contributed by atoms with Gasteiger partial charge in [-0.3, -0.25) is 0 Å². The molecule has 5 nitrogen and oxygen atoms in total. The van der Waals surface area contributed by atoms with Crippen molar-refractivity contribution in [2.24, 2.45) is 0 Å². The van der Waals surface area contributed by atoms with E-state index in [1.807, 2.05) is 0 Å².